The summed E-state index contributed by atoms with van der Waals surface area (Å²) in [4.78, 5) is 31.8. The van der Waals surface area contributed by atoms with Gasteiger partial charge in [0.2, 0.25) is 0 Å². The highest BCUT2D eigenvalue weighted by Gasteiger charge is 2.25. The van der Waals surface area contributed by atoms with E-state index in [-0.39, 0.29) is 23.4 Å². The first-order chi connectivity index (χ1) is 17.5. The van der Waals surface area contributed by atoms with Crippen molar-refractivity contribution in [2.45, 2.75) is 6.54 Å². The van der Waals surface area contributed by atoms with E-state index in [2.05, 4.69) is 4.90 Å². The number of amides is 2. The van der Waals surface area contributed by atoms with Crippen LogP contribution in [-0.4, -0.2) is 80.0 Å². The number of hydrogen-bond donors (Lipinski definition) is 0. The van der Waals surface area contributed by atoms with Crippen LogP contribution < -0.4 is 9.47 Å². The maximum Gasteiger partial charge on any atom is 0.289 e. The van der Waals surface area contributed by atoms with Crippen LogP contribution in [0.4, 0.5) is 4.39 Å². The summed E-state index contributed by atoms with van der Waals surface area (Å²) in [5, 5.41) is 0. The topological polar surface area (TPSA) is 75.5 Å². The van der Waals surface area contributed by atoms with E-state index in [4.69, 9.17) is 13.9 Å². The van der Waals surface area contributed by atoms with Crippen LogP contribution in [0.3, 0.4) is 0 Å². The highest BCUT2D eigenvalue weighted by atomic mass is 19.1. The first kappa shape index (κ1) is 25.2. The van der Waals surface area contributed by atoms with Gasteiger partial charge in [0.15, 0.2) is 5.76 Å². The van der Waals surface area contributed by atoms with Crippen LogP contribution in [-0.2, 0) is 6.54 Å². The molecular formula is C27H30FN3O5. The highest BCUT2D eigenvalue weighted by Crippen LogP contribution is 2.24. The Morgan fingerprint density at radius 2 is 1.64 bits per heavy atom. The molecule has 2 aromatic carbocycles. The number of carbonyl (C=O) groups is 2. The van der Waals surface area contributed by atoms with Gasteiger partial charge in [0, 0.05) is 57.4 Å². The largest absolute Gasteiger partial charge is 0.497 e. The lowest BCUT2D eigenvalue weighted by molar-refractivity contribution is 0.0589. The molecule has 0 N–H and O–H groups in total. The smallest absolute Gasteiger partial charge is 0.289 e. The number of halogens is 1. The van der Waals surface area contributed by atoms with Crippen molar-refractivity contribution in [1.29, 1.82) is 0 Å². The molecule has 190 valence electrons. The predicted molar refractivity (Wildman–Crippen MR) is 132 cm³/mol. The number of benzene rings is 2. The van der Waals surface area contributed by atoms with Crippen LogP contribution in [0.5, 0.6) is 11.5 Å². The molecule has 4 rings (SSSR count). The summed E-state index contributed by atoms with van der Waals surface area (Å²) < 4.78 is 29.2. The average Bonchev–Trinajstić information content (AvgIpc) is 3.46. The molecule has 0 bridgehead atoms. The van der Waals surface area contributed by atoms with Gasteiger partial charge in [0.05, 0.1) is 20.5 Å². The molecule has 3 aromatic rings. The standard InChI is InChI=1S/C27H30FN3O5/c1-34-23-16-21(17-24(18-23)35-2)26(32)30-12-9-29(10-13-30)11-14-31(27(33)25-4-3-15-36-25)19-20-5-7-22(28)8-6-20/h3-8,15-18H,9-14,19H2,1-2H3. The van der Waals surface area contributed by atoms with E-state index in [0.717, 1.165) is 5.56 Å². The Kier molecular flexibility index (Phi) is 8.22. The second-order valence-electron chi connectivity index (χ2n) is 8.57. The monoisotopic (exact) mass is 495 g/mol. The molecule has 2 heterocycles. The Balaban J connectivity index is 1.35. The molecule has 0 atom stereocenters. The molecule has 0 unspecified atom stereocenters. The molecule has 36 heavy (non-hydrogen) atoms. The second kappa shape index (κ2) is 11.7. The van der Waals surface area contributed by atoms with Crippen molar-refractivity contribution < 1.29 is 27.9 Å². The molecule has 0 spiro atoms. The van der Waals surface area contributed by atoms with E-state index >= 15 is 0 Å². The van der Waals surface area contributed by atoms with E-state index in [1.54, 1.807) is 61.6 Å². The van der Waals surface area contributed by atoms with Crippen LogP contribution in [0.2, 0.25) is 0 Å². The highest BCUT2D eigenvalue weighted by molar-refractivity contribution is 5.95. The van der Waals surface area contributed by atoms with Crippen molar-refractivity contribution in [2.75, 3.05) is 53.5 Å². The minimum absolute atomic E-state index is 0.0715. The summed E-state index contributed by atoms with van der Waals surface area (Å²) in [5.74, 6) is 0.796. The molecule has 1 saturated heterocycles. The molecule has 0 aliphatic carbocycles. The summed E-state index contributed by atoms with van der Waals surface area (Å²) in [5.41, 5.74) is 1.36. The van der Waals surface area contributed by atoms with Gasteiger partial charge < -0.3 is 23.7 Å². The number of piperazine rings is 1. The van der Waals surface area contributed by atoms with Crippen molar-refractivity contribution in [1.82, 2.24) is 14.7 Å². The fourth-order valence-electron chi connectivity index (χ4n) is 4.17. The van der Waals surface area contributed by atoms with Gasteiger partial charge in [-0.05, 0) is 42.0 Å². The fraction of sp³-hybridized carbons (Fsp3) is 0.333. The molecule has 8 nitrogen and oxygen atoms in total. The molecule has 1 aliphatic heterocycles. The Morgan fingerprint density at radius 1 is 0.972 bits per heavy atom. The summed E-state index contributed by atoms with van der Waals surface area (Å²) in [6.07, 6.45) is 1.47. The van der Waals surface area contributed by atoms with E-state index in [0.29, 0.717) is 62.9 Å². The van der Waals surface area contributed by atoms with Gasteiger partial charge >= 0.3 is 0 Å². The lowest BCUT2D eigenvalue weighted by Gasteiger charge is -2.36. The maximum atomic E-state index is 13.3. The Morgan fingerprint density at radius 3 is 2.22 bits per heavy atom. The maximum absolute atomic E-state index is 13.3. The first-order valence-electron chi connectivity index (χ1n) is 11.8. The molecule has 0 radical (unpaired) electrons. The zero-order valence-corrected chi connectivity index (χ0v) is 20.5. The quantitative estimate of drug-likeness (QED) is 0.452. The van der Waals surface area contributed by atoms with Gasteiger partial charge in [-0.1, -0.05) is 12.1 Å². The summed E-state index contributed by atoms with van der Waals surface area (Å²) >= 11 is 0. The lowest BCUT2D eigenvalue weighted by atomic mass is 10.1. The number of ether oxygens (including phenoxy) is 2. The van der Waals surface area contributed by atoms with Crippen LogP contribution in [0.1, 0.15) is 26.5 Å². The Bertz CT molecular complexity index is 1140. The Labute approximate surface area is 209 Å². The molecule has 2 amide bonds. The SMILES string of the molecule is COc1cc(OC)cc(C(=O)N2CCN(CCN(Cc3ccc(F)cc3)C(=O)c3ccco3)CC2)c1. The third-order valence-corrected chi connectivity index (χ3v) is 6.25. The van der Waals surface area contributed by atoms with Crippen LogP contribution >= 0.6 is 0 Å². The second-order valence-corrected chi connectivity index (χ2v) is 8.57. The van der Waals surface area contributed by atoms with Gasteiger partial charge in [-0.25, -0.2) is 4.39 Å². The zero-order chi connectivity index (χ0) is 25.5. The van der Waals surface area contributed by atoms with Gasteiger partial charge in [0.1, 0.15) is 17.3 Å². The molecule has 1 aliphatic rings. The molecule has 9 heteroatoms. The minimum Gasteiger partial charge on any atom is -0.497 e. The molecule has 1 fully saturated rings. The van der Waals surface area contributed by atoms with Crippen molar-refractivity contribution in [3.63, 3.8) is 0 Å². The third-order valence-electron chi connectivity index (χ3n) is 6.25. The van der Waals surface area contributed by atoms with E-state index < -0.39 is 0 Å². The van der Waals surface area contributed by atoms with Gasteiger partial charge in [0.25, 0.3) is 11.8 Å². The lowest BCUT2D eigenvalue weighted by Crippen LogP contribution is -2.50. The number of carbonyl (C=O) groups excluding carboxylic acids is 2. The molecule has 0 saturated carbocycles. The number of hydrogen-bond acceptors (Lipinski definition) is 6. The van der Waals surface area contributed by atoms with E-state index in [1.165, 1.54) is 18.4 Å². The van der Waals surface area contributed by atoms with E-state index in [1.807, 2.05) is 4.90 Å². The zero-order valence-electron chi connectivity index (χ0n) is 20.5. The van der Waals surface area contributed by atoms with E-state index in [9.17, 15) is 14.0 Å². The van der Waals surface area contributed by atoms with Crippen LogP contribution in [0, 0.1) is 5.82 Å². The van der Waals surface area contributed by atoms with Crippen LogP contribution in [0.25, 0.3) is 0 Å². The molecular weight excluding hydrogens is 465 g/mol. The van der Waals surface area contributed by atoms with Gasteiger partial charge in [-0.2, -0.15) is 0 Å². The first-order valence-corrected chi connectivity index (χ1v) is 11.8. The third kappa shape index (κ3) is 6.23. The number of rotatable bonds is 9. The number of methoxy groups -OCH3 is 2. The van der Waals surface area contributed by atoms with Crippen molar-refractivity contribution in [3.05, 3.63) is 83.6 Å². The minimum atomic E-state index is -0.317. The average molecular weight is 496 g/mol. The van der Waals surface area contributed by atoms with Gasteiger partial charge in [-0.15, -0.1) is 0 Å². The normalized spacial score (nSPS) is 13.9. The van der Waals surface area contributed by atoms with Crippen LogP contribution in [0.15, 0.2) is 65.3 Å². The molecule has 1 aromatic heterocycles. The van der Waals surface area contributed by atoms with Crippen molar-refractivity contribution in [2.24, 2.45) is 0 Å². The predicted octanol–water partition coefficient (Wildman–Crippen LogP) is 3.54. The Hall–Kier alpha value is -3.85. The van der Waals surface area contributed by atoms with Gasteiger partial charge in [-0.3, -0.25) is 14.5 Å². The summed E-state index contributed by atoms with van der Waals surface area (Å²) in [6, 6.07) is 14.6. The summed E-state index contributed by atoms with van der Waals surface area (Å²) in [7, 11) is 3.11. The number of furan rings is 1. The fourth-order valence-corrected chi connectivity index (χ4v) is 4.17. The van der Waals surface area contributed by atoms with Crippen molar-refractivity contribution in [3.8, 4) is 11.5 Å². The van der Waals surface area contributed by atoms with Crippen molar-refractivity contribution >= 4 is 11.8 Å². The number of nitrogens with zero attached hydrogens (tertiary/aromatic N) is 3. The summed E-state index contributed by atoms with van der Waals surface area (Å²) in [6.45, 7) is 3.97.